The van der Waals surface area contributed by atoms with Gasteiger partial charge in [-0.05, 0) is 32.4 Å². The molecule has 0 saturated carbocycles. The first-order chi connectivity index (χ1) is 12.9. The van der Waals surface area contributed by atoms with E-state index in [1.807, 2.05) is 38.1 Å². The van der Waals surface area contributed by atoms with Gasteiger partial charge in [0.25, 0.3) is 0 Å². The van der Waals surface area contributed by atoms with E-state index in [9.17, 15) is 4.79 Å². The number of hydrogen-bond donors (Lipinski definition) is 1. The van der Waals surface area contributed by atoms with E-state index in [4.69, 9.17) is 14.0 Å². The van der Waals surface area contributed by atoms with Crippen LogP contribution in [0.1, 0.15) is 39.1 Å². The summed E-state index contributed by atoms with van der Waals surface area (Å²) >= 11 is 0. The number of nitrogens with one attached hydrogen (secondary N) is 1. The van der Waals surface area contributed by atoms with Gasteiger partial charge in [0.1, 0.15) is 11.8 Å². The molecular formula is C19H26N4O4. The normalized spacial score (nSPS) is 21.0. The number of rotatable bonds is 5. The van der Waals surface area contributed by atoms with Gasteiger partial charge >= 0.3 is 6.03 Å². The number of methoxy groups -OCH3 is 1. The van der Waals surface area contributed by atoms with Crippen LogP contribution >= 0.6 is 0 Å². The summed E-state index contributed by atoms with van der Waals surface area (Å²) in [6, 6.07) is 6.85. The first-order valence-corrected chi connectivity index (χ1v) is 9.11. The van der Waals surface area contributed by atoms with Crippen LogP contribution in [-0.2, 0) is 4.74 Å². The highest BCUT2D eigenvalue weighted by Gasteiger charge is 2.33. The third-order valence-corrected chi connectivity index (χ3v) is 4.85. The van der Waals surface area contributed by atoms with Gasteiger partial charge in [-0.25, -0.2) is 4.79 Å². The fraction of sp³-hybridized carbons (Fsp3) is 0.526. The molecule has 8 heteroatoms. The Morgan fingerprint density at radius 1 is 1.48 bits per heavy atom. The second kappa shape index (κ2) is 7.96. The van der Waals surface area contributed by atoms with Gasteiger partial charge < -0.3 is 24.2 Å². The van der Waals surface area contributed by atoms with Crippen molar-refractivity contribution in [2.75, 3.05) is 26.8 Å². The Kier molecular flexibility index (Phi) is 5.65. The van der Waals surface area contributed by atoms with E-state index in [-0.39, 0.29) is 11.6 Å². The van der Waals surface area contributed by atoms with Crippen molar-refractivity contribution in [3.05, 3.63) is 30.2 Å². The molecule has 1 saturated heterocycles. The maximum absolute atomic E-state index is 12.6. The number of carbonyl (C=O) groups excluding carboxylic acids is 1. The third kappa shape index (κ3) is 4.39. The molecule has 0 bridgehead atoms. The zero-order chi connectivity index (χ0) is 19.4. The second-order valence-electron chi connectivity index (χ2n) is 6.93. The summed E-state index contributed by atoms with van der Waals surface area (Å²) in [7, 11) is 1.60. The minimum absolute atomic E-state index is 0.161. The molecule has 1 aliphatic rings. The Morgan fingerprint density at radius 3 is 3.04 bits per heavy atom. The number of morpholine rings is 1. The van der Waals surface area contributed by atoms with E-state index in [1.54, 1.807) is 12.0 Å². The average Bonchev–Trinajstić information content (AvgIpc) is 3.18. The van der Waals surface area contributed by atoms with Crippen LogP contribution in [0.3, 0.4) is 0 Å². The lowest BCUT2D eigenvalue weighted by molar-refractivity contribution is -0.0874. The molecule has 1 N–H and O–H groups in total. The van der Waals surface area contributed by atoms with Gasteiger partial charge in [0.2, 0.25) is 11.7 Å². The second-order valence-corrected chi connectivity index (χ2v) is 6.93. The van der Waals surface area contributed by atoms with Crippen molar-refractivity contribution in [2.24, 2.45) is 0 Å². The van der Waals surface area contributed by atoms with Gasteiger partial charge in [-0.15, -0.1) is 0 Å². The number of nitrogens with zero attached hydrogens (tertiary/aromatic N) is 3. The van der Waals surface area contributed by atoms with Crippen LogP contribution < -0.4 is 10.1 Å². The molecule has 2 heterocycles. The smallest absolute Gasteiger partial charge is 0.318 e. The maximum atomic E-state index is 12.6. The Labute approximate surface area is 158 Å². The quantitative estimate of drug-likeness (QED) is 0.865. The molecule has 8 nitrogen and oxygen atoms in total. The van der Waals surface area contributed by atoms with E-state index < -0.39 is 6.04 Å². The van der Waals surface area contributed by atoms with Crippen molar-refractivity contribution in [3.8, 4) is 17.1 Å². The highest BCUT2D eigenvalue weighted by molar-refractivity contribution is 5.74. The molecule has 1 aromatic carbocycles. The van der Waals surface area contributed by atoms with Gasteiger partial charge in [-0.2, -0.15) is 4.98 Å². The molecule has 3 rings (SSSR count). The number of hydrogen-bond acceptors (Lipinski definition) is 6. The molecule has 2 atom stereocenters. The Morgan fingerprint density at radius 2 is 2.30 bits per heavy atom. The zero-order valence-electron chi connectivity index (χ0n) is 16.2. The van der Waals surface area contributed by atoms with Gasteiger partial charge in [0, 0.05) is 12.1 Å². The molecule has 2 amide bonds. The molecule has 2 aromatic rings. The zero-order valence-corrected chi connectivity index (χ0v) is 16.2. The number of benzene rings is 1. The topological polar surface area (TPSA) is 89.7 Å². The summed E-state index contributed by atoms with van der Waals surface area (Å²) in [6.07, 6.45) is 0.847. The summed E-state index contributed by atoms with van der Waals surface area (Å²) in [5.74, 6) is 1.52. The largest absolute Gasteiger partial charge is 0.497 e. The molecule has 27 heavy (non-hydrogen) atoms. The lowest BCUT2D eigenvalue weighted by atomic mass is 10.0. The maximum Gasteiger partial charge on any atom is 0.318 e. The predicted octanol–water partition coefficient (Wildman–Crippen LogP) is 3.02. The van der Waals surface area contributed by atoms with Crippen molar-refractivity contribution in [1.82, 2.24) is 20.4 Å². The van der Waals surface area contributed by atoms with E-state index in [0.717, 1.165) is 12.0 Å². The van der Waals surface area contributed by atoms with Gasteiger partial charge in [-0.1, -0.05) is 24.2 Å². The molecule has 0 aliphatic carbocycles. The van der Waals surface area contributed by atoms with E-state index >= 15 is 0 Å². The summed E-state index contributed by atoms with van der Waals surface area (Å²) in [5, 5.41) is 6.94. The number of ether oxygens (including phenoxy) is 2. The van der Waals surface area contributed by atoms with Crippen LogP contribution in [0.15, 0.2) is 28.8 Å². The van der Waals surface area contributed by atoms with Crippen molar-refractivity contribution in [3.63, 3.8) is 0 Å². The van der Waals surface area contributed by atoms with Crippen LogP contribution in [0.5, 0.6) is 5.75 Å². The standard InChI is InChI=1S/C19H26N4O4/c1-5-19(3)12-23(9-10-26-19)18(24)20-13(2)17-21-16(22-27-17)14-7-6-8-15(11-14)25-4/h6-8,11,13H,5,9-10,12H2,1-4H3,(H,20,24). The minimum atomic E-state index is -0.403. The fourth-order valence-corrected chi connectivity index (χ4v) is 2.95. The summed E-state index contributed by atoms with van der Waals surface area (Å²) < 4.78 is 16.3. The monoisotopic (exact) mass is 374 g/mol. The SMILES string of the molecule is CCC1(C)CN(C(=O)NC(C)c2nc(-c3cccc(OC)c3)no2)CCO1. The Hall–Kier alpha value is -2.61. The Bertz CT molecular complexity index is 794. The number of carbonyl (C=O) groups is 1. The van der Waals surface area contributed by atoms with E-state index in [2.05, 4.69) is 22.4 Å². The highest BCUT2D eigenvalue weighted by atomic mass is 16.5. The minimum Gasteiger partial charge on any atom is -0.497 e. The lowest BCUT2D eigenvalue weighted by Crippen LogP contribution is -2.54. The molecular weight excluding hydrogens is 348 g/mol. The molecule has 1 fully saturated rings. The van der Waals surface area contributed by atoms with Crippen molar-refractivity contribution < 1.29 is 18.8 Å². The van der Waals surface area contributed by atoms with E-state index in [1.165, 1.54) is 0 Å². The summed E-state index contributed by atoms with van der Waals surface area (Å²) in [4.78, 5) is 18.8. The molecule has 146 valence electrons. The summed E-state index contributed by atoms with van der Waals surface area (Å²) in [5.41, 5.74) is 0.484. The van der Waals surface area contributed by atoms with Gasteiger partial charge in [-0.3, -0.25) is 0 Å². The van der Waals surface area contributed by atoms with Crippen LogP contribution in [0.25, 0.3) is 11.4 Å². The fourth-order valence-electron chi connectivity index (χ4n) is 2.95. The highest BCUT2D eigenvalue weighted by Crippen LogP contribution is 2.24. The third-order valence-electron chi connectivity index (χ3n) is 4.85. The first-order valence-electron chi connectivity index (χ1n) is 9.11. The van der Waals surface area contributed by atoms with Crippen LogP contribution in [0.4, 0.5) is 4.79 Å². The van der Waals surface area contributed by atoms with Gasteiger partial charge in [0.15, 0.2) is 0 Å². The van der Waals surface area contributed by atoms with Crippen molar-refractivity contribution >= 4 is 6.03 Å². The molecule has 1 aliphatic heterocycles. The number of aromatic nitrogens is 2. The number of amides is 2. The van der Waals surface area contributed by atoms with Crippen LogP contribution in [0, 0.1) is 0 Å². The molecule has 0 radical (unpaired) electrons. The molecule has 2 unspecified atom stereocenters. The van der Waals surface area contributed by atoms with Crippen molar-refractivity contribution in [1.29, 1.82) is 0 Å². The van der Waals surface area contributed by atoms with Gasteiger partial charge in [0.05, 0.1) is 25.9 Å². The predicted molar refractivity (Wildman–Crippen MR) is 99.5 cm³/mol. The van der Waals surface area contributed by atoms with E-state index in [0.29, 0.717) is 37.2 Å². The Balaban J connectivity index is 1.65. The molecule has 0 spiro atoms. The van der Waals surface area contributed by atoms with Crippen LogP contribution in [-0.4, -0.2) is 53.5 Å². The van der Waals surface area contributed by atoms with Crippen LogP contribution in [0.2, 0.25) is 0 Å². The number of urea groups is 1. The van der Waals surface area contributed by atoms with Crippen molar-refractivity contribution in [2.45, 2.75) is 38.8 Å². The first kappa shape index (κ1) is 19.2. The molecule has 1 aromatic heterocycles. The summed E-state index contributed by atoms with van der Waals surface area (Å²) in [6.45, 7) is 7.55. The lowest BCUT2D eigenvalue weighted by Gasteiger charge is -2.40. The average molecular weight is 374 g/mol.